The van der Waals surface area contributed by atoms with Gasteiger partial charge in [0.25, 0.3) is 0 Å². The van der Waals surface area contributed by atoms with Crippen LogP contribution in [0.25, 0.3) is 6.08 Å². The summed E-state index contributed by atoms with van der Waals surface area (Å²) in [7, 11) is 0. The number of carbonyl (C=O) groups is 2. The summed E-state index contributed by atoms with van der Waals surface area (Å²) in [5.74, 6) is -0.374. The van der Waals surface area contributed by atoms with Gasteiger partial charge in [0, 0.05) is 45.3 Å². The van der Waals surface area contributed by atoms with Gasteiger partial charge < -0.3 is 9.80 Å². The van der Waals surface area contributed by atoms with Crippen LogP contribution in [0.1, 0.15) is 18.4 Å². The second-order valence-corrected chi connectivity index (χ2v) is 7.10. The molecule has 7 heteroatoms. The number of amides is 2. The Morgan fingerprint density at radius 2 is 1.73 bits per heavy atom. The molecule has 0 unspecified atom stereocenters. The standard InChI is InChI=1S/C19H23ClFN3O2/c20-16-13-15(3-5-17(16)21)4-6-18(25)24-11-9-22(10-12-24)14-19(26)23-7-1-2-8-23/h3-6,13H,1-2,7-12,14H2. The minimum Gasteiger partial charge on any atom is -0.342 e. The van der Waals surface area contributed by atoms with E-state index in [0.717, 1.165) is 25.9 Å². The Morgan fingerprint density at radius 1 is 1.04 bits per heavy atom. The van der Waals surface area contributed by atoms with E-state index in [-0.39, 0.29) is 16.8 Å². The van der Waals surface area contributed by atoms with Crippen LogP contribution < -0.4 is 0 Å². The molecule has 0 aliphatic carbocycles. The molecule has 1 aromatic rings. The first-order chi connectivity index (χ1) is 12.5. The molecule has 140 valence electrons. The number of hydrogen-bond acceptors (Lipinski definition) is 3. The highest BCUT2D eigenvalue weighted by atomic mass is 35.5. The van der Waals surface area contributed by atoms with Crippen LogP contribution in [0.15, 0.2) is 24.3 Å². The van der Waals surface area contributed by atoms with Gasteiger partial charge in [-0.1, -0.05) is 17.7 Å². The Hall–Kier alpha value is -1.92. The number of likely N-dealkylation sites (tertiary alicyclic amines) is 1. The summed E-state index contributed by atoms with van der Waals surface area (Å²) in [6.45, 7) is 4.77. The molecule has 2 heterocycles. The Labute approximate surface area is 158 Å². The van der Waals surface area contributed by atoms with Gasteiger partial charge in [-0.15, -0.1) is 0 Å². The highest BCUT2D eigenvalue weighted by Crippen LogP contribution is 2.17. The molecule has 0 bridgehead atoms. The van der Waals surface area contributed by atoms with Crippen LogP contribution in [0, 0.1) is 5.82 Å². The van der Waals surface area contributed by atoms with Crippen molar-refractivity contribution in [3.8, 4) is 0 Å². The van der Waals surface area contributed by atoms with Crippen molar-refractivity contribution in [2.45, 2.75) is 12.8 Å². The van der Waals surface area contributed by atoms with E-state index in [9.17, 15) is 14.0 Å². The molecule has 0 N–H and O–H groups in total. The second kappa shape index (κ2) is 8.64. The second-order valence-electron chi connectivity index (χ2n) is 6.70. The lowest BCUT2D eigenvalue weighted by atomic mass is 10.2. The van der Waals surface area contributed by atoms with Crippen molar-refractivity contribution in [3.05, 3.63) is 40.7 Å². The fraction of sp³-hybridized carbons (Fsp3) is 0.474. The van der Waals surface area contributed by atoms with Gasteiger partial charge in [0.15, 0.2) is 0 Å². The molecule has 26 heavy (non-hydrogen) atoms. The van der Waals surface area contributed by atoms with Gasteiger partial charge in [-0.2, -0.15) is 0 Å². The topological polar surface area (TPSA) is 43.9 Å². The zero-order valence-electron chi connectivity index (χ0n) is 14.7. The molecule has 2 amide bonds. The number of hydrogen-bond donors (Lipinski definition) is 0. The molecule has 2 aliphatic heterocycles. The summed E-state index contributed by atoms with van der Waals surface area (Å²) in [5, 5.41) is 0.0379. The van der Waals surface area contributed by atoms with E-state index < -0.39 is 5.82 Å². The molecule has 1 aromatic carbocycles. The third-order valence-electron chi connectivity index (χ3n) is 4.86. The Balaban J connectivity index is 1.46. The van der Waals surface area contributed by atoms with Gasteiger partial charge >= 0.3 is 0 Å². The number of benzene rings is 1. The minimum absolute atomic E-state index is 0.0379. The van der Waals surface area contributed by atoms with Gasteiger partial charge in [0.05, 0.1) is 11.6 Å². The summed E-state index contributed by atoms with van der Waals surface area (Å²) in [4.78, 5) is 30.3. The van der Waals surface area contributed by atoms with Crippen molar-refractivity contribution >= 4 is 29.5 Å². The monoisotopic (exact) mass is 379 g/mol. The quantitative estimate of drug-likeness (QED) is 0.754. The smallest absolute Gasteiger partial charge is 0.246 e. The van der Waals surface area contributed by atoms with E-state index in [1.54, 1.807) is 17.0 Å². The third kappa shape index (κ3) is 4.83. The van der Waals surface area contributed by atoms with Crippen LogP contribution in [-0.2, 0) is 9.59 Å². The van der Waals surface area contributed by atoms with Gasteiger partial charge in [-0.3, -0.25) is 14.5 Å². The molecule has 2 saturated heterocycles. The van der Waals surface area contributed by atoms with Gasteiger partial charge in [0.2, 0.25) is 11.8 Å². The highest BCUT2D eigenvalue weighted by molar-refractivity contribution is 6.30. The Kier molecular flexibility index (Phi) is 6.27. The number of piperazine rings is 1. The molecule has 0 saturated carbocycles. The average molecular weight is 380 g/mol. The van der Waals surface area contributed by atoms with Crippen molar-refractivity contribution in [1.29, 1.82) is 0 Å². The van der Waals surface area contributed by atoms with Crippen LogP contribution >= 0.6 is 11.6 Å². The first-order valence-electron chi connectivity index (χ1n) is 8.95. The number of nitrogens with zero attached hydrogens (tertiary/aromatic N) is 3. The van der Waals surface area contributed by atoms with E-state index in [0.29, 0.717) is 38.3 Å². The lowest BCUT2D eigenvalue weighted by Crippen LogP contribution is -2.51. The Morgan fingerprint density at radius 3 is 2.38 bits per heavy atom. The van der Waals surface area contributed by atoms with Crippen LogP contribution in [0.2, 0.25) is 5.02 Å². The number of carbonyl (C=O) groups excluding carboxylic acids is 2. The minimum atomic E-state index is -0.477. The normalized spacial score (nSPS) is 18.7. The highest BCUT2D eigenvalue weighted by Gasteiger charge is 2.24. The third-order valence-corrected chi connectivity index (χ3v) is 5.15. The van der Waals surface area contributed by atoms with Gasteiger partial charge in [-0.05, 0) is 36.6 Å². The van der Waals surface area contributed by atoms with E-state index in [1.807, 2.05) is 4.90 Å². The first-order valence-corrected chi connectivity index (χ1v) is 9.33. The van der Waals surface area contributed by atoms with Gasteiger partial charge in [-0.25, -0.2) is 4.39 Å². The number of rotatable bonds is 4. The van der Waals surface area contributed by atoms with E-state index in [2.05, 4.69) is 4.90 Å². The van der Waals surface area contributed by atoms with Crippen LogP contribution in [-0.4, -0.2) is 72.3 Å². The maximum atomic E-state index is 13.2. The van der Waals surface area contributed by atoms with Gasteiger partial charge in [0.1, 0.15) is 5.82 Å². The predicted molar refractivity (Wildman–Crippen MR) is 99.3 cm³/mol. The maximum absolute atomic E-state index is 13.2. The van der Waals surface area contributed by atoms with E-state index in [1.165, 1.54) is 18.2 Å². The molecular weight excluding hydrogens is 357 g/mol. The Bertz CT molecular complexity index is 696. The molecule has 2 aliphatic rings. The molecule has 5 nitrogen and oxygen atoms in total. The van der Waals surface area contributed by atoms with E-state index in [4.69, 9.17) is 11.6 Å². The van der Waals surface area contributed by atoms with Crippen molar-refractivity contribution in [2.75, 3.05) is 45.8 Å². The summed E-state index contributed by atoms with van der Waals surface area (Å²) in [6, 6.07) is 4.35. The summed E-state index contributed by atoms with van der Waals surface area (Å²) >= 11 is 5.74. The fourth-order valence-electron chi connectivity index (χ4n) is 3.27. The maximum Gasteiger partial charge on any atom is 0.246 e. The summed E-state index contributed by atoms with van der Waals surface area (Å²) in [5.41, 5.74) is 0.680. The largest absolute Gasteiger partial charge is 0.342 e. The zero-order valence-corrected chi connectivity index (χ0v) is 15.4. The van der Waals surface area contributed by atoms with Crippen molar-refractivity contribution in [2.24, 2.45) is 0 Å². The molecule has 0 aromatic heterocycles. The zero-order chi connectivity index (χ0) is 18.5. The van der Waals surface area contributed by atoms with Crippen LogP contribution in [0.4, 0.5) is 4.39 Å². The first kappa shape index (κ1) is 18.9. The molecule has 0 radical (unpaired) electrons. The summed E-state index contributed by atoms with van der Waals surface area (Å²) in [6.07, 6.45) is 5.31. The van der Waals surface area contributed by atoms with Crippen LogP contribution in [0.3, 0.4) is 0 Å². The number of halogens is 2. The lowest BCUT2D eigenvalue weighted by Gasteiger charge is -2.34. The molecule has 0 atom stereocenters. The molecule has 0 spiro atoms. The average Bonchev–Trinajstić information content (AvgIpc) is 3.18. The summed E-state index contributed by atoms with van der Waals surface area (Å²) < 4.78 is 13.2. The van der Waals surface area contributed by atoms with Crippen molar-refractivity contribution in [3.63, 3.8) is 0 Å². The predicted octanol–water partition coefficient (Wildman–Crippen LogP) is 2.26. The molecule has 3 rings (SSSR count). The van der Waals surface area contributed by atoms with Crippen LogP contribution in [0.5, 0.6) is 0 Å². The molecular formula is C19H23ClFN3O2. The fourth-order valence-corrected chi connectivity index (χ4v) is 3.46. The molecule has 2 fully saturated rings. The van der Waals surface area contributed by atoms with Crippen molar-refractivity contribution in [1.82, 2.24) is 14.7 Å². The SMILES string of the molecule is O=C(C=Cc1ccc(F)c(Cl)c1)N1CCN(CC(=O)N2CCCC2)CC1. The van der Waals surface area contributed by atoms with E-state index >= 15 is 0 Å². The lowest BCUT2D eigenvalue weighted by molar-refractivity contribution is -0.132. The van der Waals surface area contributed by atoms with Crippen molar-refractivity contribution < 1.29 is 14.0 Å².